The van der Waals surface area contributed by atoms with Crippen molar-refractivity contribution in [2.75, 3.05) is 0 Å². The summed E-state index contributed by atoms with van der Waals surface area (Å²) < 4.78 is 5.33. The SMILES string of the molecule is CCc1cc2c(SCc3ccco3)nc(Cl)nc2s1. The van der Waals surface area contributed by atoms with Crippen molar-refractivity contribution in [2.45, 2.75) is 24.1 Å². The molecule has 0 bridgehead atoms. The number of hydrogen-bond acceptors (Lipinski definition) is 5. The van der Waals surface area contributed by atoms with E-state index in [1.807, 2.05) is 12.1 Å². The molecule has 98 valence electrons. The van der Waals surface area contributed by atoms with Crippen LogP contribution in [-0.4, -0.2) is 9.97 Å². The summed E-state index contributed by atoms with van der Waals surface area (Å²) >= 11 is 9.28. The van der Waals surface area contributed by atoms with E-state index in [-0.39, 0.29) is 0 Å². The van der Waals surface area contributed by atoms with Crippen LogP contribution in [0.15, 0.2) is 33.9 Å². The van der Waals surface area contributed by atoms with E-state index >= 15 is 0 Å². The summed E-state index contributed by atoms with van der Waals surface area (Å²) in [7, 11) is 0. The van der Waals surface area contributed by atoms with Crippen molar-refractivity contribution in [3.63, 3.8) is 0 Å². The summed E-state index contributed by atoms with van der Waals surface area (Å²) in [6.07, 6.45) is 2.68. The van der Waals surface area contributed by atoms with Crippen molar-refractivity contribution >= 4 is 44.9 Å². The fraction of sp³-hybridized carbons (Fsp3) is 0.231. The van der Waals surface area contributed by atoms with Crippen molar-refractivity contribution in [1.29, 1.82) is 0 Å². The Morgan fingerprint density at radius 3 is 3.05 bits per heavy atom. The largest absolute Gasteiger partial charge is 0.468 e. The van der Waals surface area contributed by atoms with Crippen molar-refractivity contribution in [1.82, 2.24) is 9.97 Å². The zero-order chi connectivity index (χ0) is 13.2. The van der Waals surface area contributed by atoms with Gasteiger partial charge in [0.2, 0.25) is 5.28 Å². The summed E-state index contributed by atoms with van der Waals surface area (Å²) in [5.74, 6) is 1.67. The second-order valence-electron chi connectivity index (χ2n) is 3.95. The molecule has 3 rings (SSSR count). The number of thioether (sulfide) groups is 1. The standard InChI is InChI=1S/C13H11ClN2OS2/c1-2-9-6-10-11(15-13(14)16-12(10)19-9)18-7-8-4-3-5-17-8/h3-6H,2,7H2,1H3. The third-order valence-corrected chi connectivity index (χ3v) is 5.02. The van der Waals surface area contributed by atoms with Crippen LogP contribution < -0.4 is 0 Å². The molecule has 19 heavy (non-hydrogen) atoms. The van der Waals surface area contributed by atoms with Crippen LogP contribution in [-0.2, 0) is 12.2 Å². The molecule has 0 aliphatic heterocycles. The van der Waals surface area contributed by atoms with Gasteiger partial charge in [0.15, 0.2) is 0 Å². The molecular weight excluding hydrogens is 300 g/mol. The van der Waals surface area contributed by atoms with Crippen LogP contribution in [0.5, 0.6) is 0 Å². The lowest BCUT2D eigenvalue weighted by atomic mass is 10.3. The average Bonchev–Trinajstić information content (AvgIpc) is 3.04. The predicted molar refractivity (Wildman–Crippen MR) is 80.1 cm³/mol. The lowest BCUT2D eigenvalue weighted by Gasteiger charge is -2.01. The maximum absolute atomic E-state index is 5.98. The van der Waals surface area contributed by atoms with Gasteiger partial charge in [-0.05, 0) is 36.2 Å². The van der Waals surface area contributed by atoms with E-state index in [4.69, 9.17) is 16.0 Å². The molecule has 0 saturated heterocycles. The summed E-state index contributed by atoms with van der Waals surface area (Å²) in [6.45, 7) is 2.13. The number of thiophene rings is 1. The van der Waals surface area contributed by atoms with Crippen molar-refractivity contribution < 1.29 is 4.42 Å². The van der Waals surface area contributed by atoms with E-state index < -0.39 is 0 Å². The zero-order valence-electron chi connectivity index (χ0n) is 10.2. The molecule has 3 heterocycles. The molecule has 3 aromatic heterocycles. The van der Waals surface area contributed by atoms with Crippen LogP contribution >= 0.6 is 34.7 Å². The minimum Gasteiger partial charge on any atom is -0.468 e. The van der Waals surface area contributed by atoms with Crippen molar-refractivity contribution in [3.05, 3.63) is 40.4 Å². The van der Waals surface area contributed by atoms with Crippen LogP contribution in [0.4, 0.5) is 0 Å². The third kappa shape index (κ3) is 2.78. The highest BCUT2D eigenvalue weighted by molar-refractivity contribution is 7.98. The molecule has 6 heteroatoms. The Kier molecular flexibility index (Phi) is 3.77. The van der Waals surface area contributed by atoms with Crippen LogP contribution in [0.1, 0.15) is 17.6 Å². The van der Waals surface area contributed by atoms with Gasteiger partial charge in [0.1, 0.15) is 15.6 Å². The monoisotopic (exact) mass is 310 g/mol. The number of hydrogen-bond donors (Lipinski definition) is 0. The first-order valence-corrected chi connectivity index (χ1v) is 8.05. The van der Waals surface area contributed by atoms with Crippen molar-refractivity contribution in [2.24, 2.45) is 0 Å². The van der Waals surface area contributed by atoms with E-state index in [0.717, 1.165) is 33.2 Å². The van der Waals surface area contributed by atoms with Crippen LogP contribution in [0.3, 0.4) is 0 Å². The fourth-order valence-electron chi connectivity index (χ4n) is 1.74. The van der Waals surface area contributed by atoms with Crippen LogP contribution in [0, 0.1) is 0 Å². The molecule has 0 aliphatic carbocycles. The number of fused-ring (bicyclic) bond motifs is 1. The van der Waals surface area contributed by atoms with Crippen molar-refractivity contribution in [3.8, 4) is 0 Å². The van der Waals surface area contributed by atoms with Crippen LogP contribution in [0.25, 0.3) is 10.2 Å². The van der Waals surface area contributed by atoms with Gasteiger partial charge < -0.3 is 4.42 Å². The molecule has 0 N–H and O–H groups in total. The molecule has 0 aromatic carbocycles. The molecule has 0 atom stereocenters. The Labute approximate surface area is 124 Å². The summed E-state index contributed by atoms with van der Waals surface area (Å²) in [5, 5.41) is 2.31. The first-order valence-electron chi connectivity index (χ1n) is 5.87. The quantitative estimate of drug-likeness (QED) is 0.394. The number of nitrogens with zero attached hydrogens (tertiary/aromatic N) is 2. The van der Waals surface area contributed by atoms with Gasteiger partial charge in [0.25, 0.3) is 0 Å². The van der Waals surface area contributed by atoms with Gasteiger partial charge in [0, 0.05) is 10.3 Å². The Balaban J connectivity index is 1.94. The number of furan rings is 1. The number of rotatable bonds is 4. The lowest BCUT2D eigenvalue weighted by molar-refractivity contribution is 0.530. The Morgan fingerprint density at radius 1 is 1.42 bits per heavy atom. The Hall–Kier alpha value is -1.04. The molecule has 0 unspecified atom stereocenters. The summed E-state index contributed by atoms with van der Waals surface area (Å²) in [5.41, 5.74) is 0. The highest BCUT2D eigenvalue weighted by atomic mass is 35.5. The number of halogens is 1. The van der Waals surface area contributed by atoms with Gasteiger partial charge in [0.05, 0.1) is 12.0 Å². The fourth-order valence-corrected chi connectivity index (χ4v) is 3.95. The summed E-state index contributed by atoms with van der Waals surface area (Å²) in [4.78, 5) is 10.9. The van der Waals surface area contributed by atoms with Gasteiger partial charge in [-0.2, -0.15) is 0 Å². The minimum atomic E-state index is 0.305. The Bertz CT molecular complexity index is 694. The molecule has 0 saturated carbocycles. The number of aromatic nitrogens is 2. The first kappa shape index (κ1) is 13.0. The minimum absolute atomic E-state index is 0.305. The van der Waals surface area contributed by atoms with E-state index in [9.17, 15) is 0 Å². The maximum Gasteiger partial charge on any atom is 0.224 e. The highest BCUT2D eigenvalue weighted by Crippen LogP contribution is 2.34. The van der Waals surface area contributed by atoms with Gasteiger partial charge in [-0.3, -0.25) is 0 Å². The van der Waals surface area contributed by atoms with E-state index in [1.165, 1.54) is 4.88 Å². The topological polar surface area (TPSA) is 38.9 Å². The summed E-state index contributed by atoms with van der Waals surface area (Å²) in [6, 6.07) is 6.00. The zero-order valence-corrected chi connectivity index (χ0v) is 12.6. The van der Waals surface area contributed by atoms with Gasteiger partial charge in [-0.25, -0.2) is 9.97 Å². The van der Waals surface area contributed by atoms with Crippen LogP contribution in [0.2, 0.25) is 5.28 Å². The highest BCUT2D eigenvalue weighted by Gasteiger charge is 2.11. The molecule has 0 aliphatic rings. The van der Waals surface area contributed by atoms with Gasteiger partial charge in [-0.15, -0.1) is 11.3 Å². The van der Waals surface area contributed by atoms with E-state index in [0.29, 0.717) is 5.28 Å². The lowest BCUT2D eigenvalue weighted by Crippen LogP contribution is -1.87. The smallest absolute Gasteiger partial charge is 0.224 e. The third-order valence-electron chi connectivity index (χ3n) is 2.66. The molecule has 0 spiro atoms. The van der Waals surface area contributed by atoms with Gasteiger partial charge in [-0.1, -0.05) is 18.7 Å². The maximum atomic E-state index is 5.98. The molecule has 0 radical (unpaired) electrons. The van der Waals surface area contributed by atoms with E-state index in [2.05, 4.69) is 23.0 Å². The molecular formula is C13H11ClN2OS2. The molecule has 0 amide bonds. The molecule has 3 aromatic rings. The second kappa shape index (κ2) is 5.53. The number of aryl methyl sites for hydroxylation is 1. The Morgan fingerprint density at radius 2 is 2.32 bits per heavy atom. The normalized spacial score (nSPS) is 11.3. The van der Waals surface area contributed by atoms with Gasteiger partial charge >= 0.3 is 0 Å². The van der Waals surface area contributed by atoms with E-state index in [1.54, 1.807) is 29.4 Å². The predicted octanol–water partition coefficient (Wildman–Crippen LogP) is 4.79. The first-order chi connectivity index (χ1) is 9.26. The molecule has 0 fully saturated rings. The molecule has 3 nitrogen and oxygen atoms in total. The average molecular weight is 311 g/mol. The second-order valence-corrected chi connectivity index (χ2v) is 6.37.